The first kappa shape index (κ1) is 11.4. The summed E-state index contributed by atoms with van der Waals surface area (Å²) in [5.41, 5.74) is 0. The maximum atomic E-state index is 4.42. The fraction of sp³-hybridized carbons (Fsp3) is 0.417. The normalized spacial score (nSPS) is 11.2. The molecule has 0 bridgehead atoms. The Kier molecular flexibility index (Phi) is 3.74. The molecule has 2 heterocycles. The lowest BCUT2D eigenvalue weighted by Gasteiger charge is -2.10. The Morgan fingerprint density at radius 1 is 1.44 bits per heavy atom. The largest absolute Gasteiger partial charge is 0.330 e. The zero-order valence-electron chi connectivity index (χ0n) is 9.76. The van der Waals surface area contributed by atoms with Gasteiger partial charge in [-0.15, -0.1) is 11.3 Å². The highest BCUT2D eigenvalue weighted by atomic mass is 32.1. The minimum Gasteiger partial charge on any atom is -0.330 e. The van der Waals surface area contributed by atoms with Crippen LogP contribution in [0.15, 0.2) is 29.9 Å². The molecule has 2 rings (SSSR count). The molecule has 0 spiro atoms. The van der Waals surface area contributed by atoms with Crippen LogP contribution >= 0.6 is 11.3 Å². The van der Waals surface area contributed by atoms with Gasteiger partial charge in [-0.2, -0.15) is 0 Å². The topological polar surface area (TPSA) is 21.1 Å². The molecule has 0 saturated heterocycles. The zero-order chi connectivity index (χ0) is 11.4. The summed E-state index contributed by atoms with van der Waals surface area (Å²) in [6.45, 7) is 2.15. The Morgan fingerprint density at radius 2 is 2.31 bits per heavy atom. The summed E-state index contributed by atoms with van der Waals surface area (Å²) >= 11 is 1.74. The van der Waals surface area contributed by atoms with Gasteiger partial charge in [-0.3, -0.25) is 0 Å². The predicted octanol–water partition coefficient (Wildman–Crippen LogP) is 2.56. The smallest absolute Gasteiger partial charge is 0.149 e. The lowest BCUT2D eigenvalue weighted by molar-refractivity contribution is 0.387. The van der Waals surface area contributed by atoms with E-state index in [0.29, 0.717) is 0 Å². The Labute approximate surface area is 100 Å². The maximum absolute atomic E-state index is 4.42. The molecule has 0 aliphatic carbocycles. The maximum Gasteiger partial charge on any atom is 0.149 e. The standard InChI is InChI=1S/C12H17N3S/c1-14(2)7-4-8-15-9-6-13-12(15)11-5-3-10-16-11/h3,5-6,9-10H,4,7-8H2,1-2H3. The van der Waals surface area contributed by atoms with Gasteiger partial charge in [0.05, 0.1) is 4.88 Å². The summed E-state index contributed by atoms with van der Waals surface area (Å²) in [6, 6.07) is 4.19. The summed E-state index contributed by atoms with van der Waals surface area (Å²) in [4.78, 5) is 7.87. The number of thiophene rings is 1. The van der Waals surface area contributed by atoms with E-state index in [1.165, 1.54) is 4.88 Å². The van der Waals surface area contributed by atoms with Gasteiger partial charge in [0.15, 0.2) is 0 Å². The van der Waals surface area contributed by atoms with Crippen LogP contribution in [0.1, 0.15) is 6.42 Å². The molecule has 0 aliphatic rings. The predicted molar refractivity (Wildman–Crippen MR) is 68.7 cm³/mol. The van der Waals surface area contributed by atoms with Gasteiger partial charge in [0.1, 0.15) is 5.82 Å². The van der Waals surface area contributed by atoms with Gasteiger partial charge < -0.3 is 9.47 Å². The lowest BCUT2D eigenvalue weighted by atomic mass is 10.4. The van der Waals surface area contributed by atoms with E-state index in [1.807, 2.05) is 6.20 Å². The fourth-order valence-corrected chi connectivity index (χ4v) is 2.41. The highest BCUT2D eigenvalue weighted by molar-refractivity contribution is 7.13. The van der Waals surface area contributed by atoms with Gasteiger partial charge in [-0.1, -0.05) is 6.07 Å². The Balaban J connectivity index is 2.03. The van der Waals surface area contributed by atoms with Crippen molar-refractivity contribution in [1.82, 2.24) is 14.5 Å². The molecule has 0 unspecified atom stereocenters. The van der Waals surface area contributed by atoms with Crippen LogP contribution in [0.5, 0.6) is 0 Å². The van der Waals surface area contributed by atoms with Gasteiger partial charge in [0.25, 0.3) is 0 Å². The fourth-order valence-electron chi connectivity index (χ4n) is 1.68. The SMILES string of the molecule is CN(C)CCCn1ccnc1-c1cccs1. The molecule has 2 aromatic heterocycles. The van der Waals surface area contributed by atoms with Crippen LogP contribution in [-0.4, -0.2) is 35.1 Å². The minimum absolute atomic E-state index is 1.03. The van der Waals surface area contributed by atoms with E-state index in [9.17, 15) is 0 Å². The van der Waals surface area contributed by atoms with Crippen molar-refractivity contribution in [1.29, 1.82) is 0 Å². The van der Waals surface area contributed by atoms with Crippen LogP contribution in [0.4, 0.5) is 0 Å². The van der Waals surface area contributed by atoms with Crippen LogP contribution in [-0.2, 0) is 6.54 Å². The van der Waals surface area contributed by atoms with Crippen LogP contribution in [0, 0.1) is 0 Å². The highest BCUT2D eigenvalue weighted by Crippen LogP contribution is 2.22. The number of rotatable bonds is 5. The Hall–Kier alpha value is -1.13. The molecule has 0 amide bonds. The van der Waals surface area contributed by atoms with E-state index in [-0.39, 0.29) is 0 Å². The second-order valence-electron chi connectivity index (χ2n) is 4.08. The number of nitrogens with zero attached hydrogens (tertiary/aromatic N) is 3. The molecular formula is C12H17N3S. The second-order valence-corrected chi connectivity index (χ2v) is 5.03. The number of hydrogen-bond acceptors (Lipinski definition) is 3. The molecule has 0 saturated carbocycles. The van der Waals surface area contributed by atoms with E-state index in [1.54, 1.807) is 11.3 Å². The first-order valence-electron chi connectivity index (χ1n) is 5.47. The monoisotopic (exact) mass is 235 g/mol. The molecule has 2 aromatic rings. The third-order valence-electron chi connectivity index (χ3n) is 2.46. The van der Waals surface area contributed by atoms with Gasteiger partial charge in [-0.05, 0) is 38.5 Å². The summed E-state index contributed by atoms with van der Waals surface area (Å²) < 4.78 is 2.23. The highest BCUT2D eigenvalue weighted by Gasteiger charge is 2.06. The summed E-state index contributed by atoms with van der Waals surface area (Å²) in [7, 11) is 4.21. The van der Waals surface area contributed by atoms with Crippen LogP contribution in [0.25, 0.3) is 10.7 Å². The molecule has 4 heteroatoms. The zero-order valence-corrected chi connectivity index (χ0v) is 10.6. The Bertz CT molecular complexity index is 417. The van der Waals surface area contributed by atoms with E-state index in [2.05, 4.69) is 52.3 Å². The quantitative estimate of drug-likeness (QED) is 0.794. The molecule has 0 aliphatic heterocycles. The van der Waals surface area contributed by atoms with Crippen molar-refractivity contribution in [2.24, 2.45) is 0 Å². The third-order valence-corrected chi connectivity index (χ3v) is 3.33. The van der Waals surface area contributed by atoms with Crippen LogP contribution in [0.3, 0.4) is 0 Å². The minimum atomic E-state index is 1.03. The van der Waals surface area contributed by atoms with Crippen LogP contribution < -0.4 is 0 Å². The van der Waals surface area contributed by atoms with E-state index < -0.39 is 0 Å². The number of imidazole rings is 1. The number of hydrogen-bond donors (Lipinski definition) is 0. The van der Waals surface area contributed by atoms with Gasteiger partial charge in [-0.25, -0.2) is 4.98 Å². The van der Waals surface area contributed by atoms with Crippen LogP contribution in [0.2, 0.25) is 0 Å². The van der Waals surface area contributed by atoms with E-state index in [0.717, 1.165) is 25.3 Å². The van der Waals surface area contributed by atoms with E-state index in [4.69, 9.17) is 0 Å². The van der Waals surface area contributed by atoms with Gasteiger partial charge in [0, 0.05) is 18.9 Å². The van der Waals surface area contributed by atoms with E-state index >= 15 is 0 Å². The molecule has 0 N–H and O–H groups in total. The summed E-state index contributed by atoms with van der Waals surface area (Å²) in [5, 5.41) is 2.09. The summed E-state index contributed by atoms with van der Waals surface area (Å²) in [6.07, 6.45) is 5.09. The molecular weight excluding hydrogens is 218 g/mol. The molecule has 0 radical (unpaired) electrons. The Morgan fingerprint density at radius 3 is 3.00 bits per heavy atom. The van der Waals surface area contributed by atoms with Gasteiger partial charge >= 0.3 is 0 Å². The van der Waals surface area contributed by atoms with Crippen molar-refractivity contribution in [2.45, 2.75) is 13.0 Å². The van der Waals surface area contributed by atoms with Crippen molar-refractivity contribution >= 4 is 11.3 Å². The molecule has 86 valence electrons. The van der Waals surface area contributed by atoms with Gasteiger partial charge in [0.2, 0.25) is 0 Å². The summed E-state index contributed by atoms with van der Waals surface area (Å²) in [5.74, 6) is 1.09. The average Bonchev–Trinajstić information content (AvgIpc) is 2.84. The third kappa shape index (κ3) is 2.71. The molecule has 16 heavy (non-hydrogen) atoms. The molecule has 0 fully saturated rings. The second kappa shape index (κ2) is 5.27. The first-order valence-corrected chi connectivity index (χ1v) is 6.35. The van der Waals surface area contributed by atoms with Crippen molar-refractivity contribution in [3.63, 3.8) is 0 Å². The van der Waals surface area contributed by atoms with Crippen molar-refractivity contribution < 1.29 is 0 Å². The number of aryl methyl sites for hydroxylation is 1. The number of aromatic nitrogens is 2. The molecule has 3 nitrogen and oxygen atoms in total. The molecule has 0 aromatic carbocycles. The first-order chi connectivity index (χ1) is 7.77. The lowest BCUT2D eigenvalue weighted by Crippen LogP contribution is -2.15. The van der Waals surface area contributed by atoms with Crippen molar-refractivity contribution in [3.8, 4) is 10.7 Å². The van der Waals surface area contributed by atoms with Crippen molar-refractivity contribution in [3.05, 3.63) is 29.9 Å². The van der Waals surface area contributed by atoms with Crippen molar-refractivity contribution in [2.75, 3.05) is 20.6 Å². The average molecular weight is 235 g/mol. The molecule has 0 atom stereocenters.